The van der Waals surface area contributed by atoms with Crippen LogP contribution in [0.4, 0.5) is 0 Å². The van der Waals surface area contributed by atoms with Crippen LogP contribution in [0.25, 0.3) is 0 Å². The van der Waals surface area contributed by atoms with Crippen LogP contribution in [-0.2, 0) is 6.54 Å². The molecule has 0 spiro atoms. The molecule has 0 aromatic carbocycles. The summed E-state index contributed by atoms with van der Waals surface area (Å²) < 4.78 is 2.03. The lowest BCUT2D eigenvalue weighted by Gasteiger charge is -2.27. The lowest BCUT2D eigenvalue weighted by Crippen LogP contribution is -2.31. The van der Waals surface area contributed by atoms with Gasteiger partial charge in [-0.05, 0) is 24.8 Å². The van der Waals surface area contributed by atoms with Crippen LogP contribution < -0.4 is 5.32 Å². The smallest absolute Gasteiger partial charge is 0.0759 e. The van der Waals surface area contributed by atoms with Gasteiger partial charge in [-0.25, -0.2) is 4.68 Å². The van der Waals surface area contributed by atoms with Crippen LogP contribution in [0, 0.1) is 11.8 Å². The maximum Gasteiger partial charge on any atom is 0.0759 e. The summed E-state index contributed by atoms with van der Waals surface area (Å²) in [5.41, 5.74) is 1.22. The predicted octanol–water partition coefficient (Wildman–Crippen LogP) is 2.63. The van der Waals surface area contributed by atoms with Crippen molar-refractivity contribution in [3.8, 4) is 0 Å². The van der Waals surface area contributed by atoms with Gasteiger partial charge in [0.05, 0.1) is 17.9 Å². The summed E-state index contributed by atoms with van der Waals surface area (Å²) in [6.45, 7) is 13.1. The van der Waals surface area contributed by atoms with Crippen molar-refractivity contribution in [2.75, 3.05) is 6.54 Å². The van der Waals surface area contributed by atoms with Gasteiger partial charge in [-0.15, -0.1) is 5.10 Å². The third kappa shape index (κ3) is 3.53. The summed E-state index contributed by atoms with van der Waals surface area (Å²) in [6.07, 6.45) is 2.99. The zero-order chi connectivity index (χ0) is 12.8. The maximum atomic E-state index is 4.18. The number of nitrogens with one attached hydrogen (secondary N) is 1. The maximum absolute atomic E-state index is 4.18. The van der Waals surface area contributed by atoms with E-state index in [1.165, 1.54) is 5.69 Å². The first kappa shape index (κ1) is 14.2. The van der Waals surface area contributed by atoms with Gasteiger partial charge in [0, 0.05) is 6.54 Å². The molecule has 1 aromatic rings. The van der Waals surface area contributed by atoms with E-state index in [1.54, 1.807) is 0 Å². The SMILES string of the molecule is CCCn1nncc1C(NCC)C(C)C(C)C. The molecular weight excluding hydrogens is 212 g/mol. The van der Waals surface area contributed by atoms with Crippen molar-refractivity contribution >= 4 is 0 Å². The van der Waals surface area contributed by atoms with Crippen LogP contribution in [0.5, 0.6) is 0 Å². The summed E-state index contributed by atoms with van der Waals surface area (Å²) in [5, 5.41) is 11.8. The van der Waals surface area contributed by atoms with Gasteiger partial charge in [0.2, 0.25) is 0 Å². The topological polar surface area (TPSA) is 42.7 Å². The quantitative estimate of drug-likeness (QED) is 0.794. The fourth-order valence-electron chi connectivity index (χ4n) is 2.06. The van der Waals surface area contributed by atoms with Crippen LogP contribution in [-0.4, -0.2) is 21.5 Å². The zero-order valence-corrected chi connectivity index (χ0v) is 11.8. The Balaban J connectivity index is 2.92. The highest BCUT2D eigenvalue weighted by Crippen LogP contribution is 2.27. The summed E-state index contributed by atoms with van der Waals surface area (Å²) in [5.74, 6) is 1.22. The van der Waals surface area contributed by atoms with E-state index in [0.717, 1.165) is 19.5 Å². The molecule has 0 aliphatic rings. The predicted molar refractivity (Wildman–Crippen MR) is 70.7 cm³/mol. The lowest BCUT2D eigenvalue weighted by molar-refractivity contribution is 0.292. The van der Waals surface area contributed by atoms with Crippen LogP contribution in [0.2, 0.25) is 0 Å². The lowest BCUT2D eigenvalue weighted by atomic mass is 9.88. The van der Waals surface area contributed by atoms with Gasteiger partial charge in [0.15, 0.2) is 0 Å². The molecule has 0 bridgehead atoms. The molecule has 0 amide bonds. The first-order valence-corrected chi connectivity index (χ1v) is 6.73. The fraction of sp³-hybridized carbons (Fsp3) is 0.846. The molecule has 4 heteroatoms. The van der Waals surface area contributed by atoms with Crippen molar-refractivity contribution in [2.24, 2.45) is 11.8 Å². The van der Waals surface area contributed by atoms with E-state index in [4.69, 9.17) is 0 Å². The fourth-order valence-corrected chi connectivity index (χ4v) is 2.06. The molecule has 1 N–H and O–H groups in total. The molecule has 0 radical (unpaired) electrons. The Kier molecular flexibility index (Phi) is 5.62. The van der Waals surface area contributed by atoms with Gasteiger partial charge in [-0.1, -0.05) is 39.8 Å². The van der Waals surface area contributed by atoms with Crippen molar-refractivity contribution in [3.05, 3.63) is 11.9 Å². The van der Waals surface area contributed by atoms with Crippen LogP contribution in [0.1, 0.15) is 52.8 Å². The van der Waals surface area contributed by atoms with Gasteiger partial charge in [-0.2, -0.15) is 0 Å². The average molecular weight is 238 g/mol. The number of rotatable bonds is 7. The van der Waals surface area contributed by atoms with E-state index >= 15 is 0 Å². The molecule has 2 unspecified atom stereocenters. The molecule has 1 rings (SSSR count). The van der Waals surface area contributed by atoms with Crippen molar-refractivity contribution in [1.29, 1.82) is 0 Å². The molecule has 0 aliphatic heterocycles. The van der Waals surface area contributed by atoms with Crippen molar-refractivity contribution in [3.63, 3.8) is 0 Å². The third-order valence-corrected chi connectivity index (χ3v) is 3.40. The Bertz CT molecular complexity index is 319. The Labute approximate surface area is 105 Å². The Morgan fingerprint density at radius 2 is 2.00 bits per heavy atom. The number of aromatic nitrogens is 3. The minimum atomic E-state index is 0.349. The monoisotopic (exact) mass is 238 g/mol. The van der Waals surface area contributed by atoms with Gasteiger partial charge in [-0.3, -0.25) is 0 Å². The zero-order valence-electron chi connectivity index (χ0n) is 11.8. The highest BCUT2D eigenvalue weighted by Gasteiger charge is 2.24. The molecule has 0 aliphatic carbocycles. The van der Waals surface area contributed by atoms with Gasteiger partial charge in [0.1, 0.15) is 0 Å². The molecule has 98 valence electrons. The average Bonchev–Trinajstić information content (AvgIpc) is 2.73. The standard InChI is InChI=1S/C13H26N4/c1-6-8-17-12(9-15-16-17)13(14-7-2)11(5)10(3)4/h9-11,13-14H,6-8H2,1-5H3. The van der Waals surface area contributed by atoms with E-state index in [9.17, 15) is 0 Å². The highest BCUT2D eigenvalue weighted by atomic mass is 15.4. The normalized spacial score (nSPS) is 15.2. The molecular formula is C13H26N4. The number of aryl methyl sites for hydroxylation is 1. The Morgan fingerprint density at radius 1 is 1.29 bits per heavy atom. The second kappa shape index (κ2) is 6.74. The minimum absolute atomic E-state index is 0.349. The highest BCUT2D eigenvalue weighted by molar-refractivity contribution is 5.04. The van der Waals surface area contributed by atoms with E-state index in [0.29, 0.717) is 17.9 Å². The van der Waals surface area contributed by atoms with Gasteiger partial charge in [0.25, 0.3) is 0 Å². The number of hydrogen-bond donors (Lipinski definition) is 1. The van der Waals surface area contributed by atoms with Crippen molar-refractivity contribution in [1.82, 2.24) is 20.3 Å². The van der Waals surface area contributed by atoms with Crippen molar-refractivity contribution in [2.45, 2.75) is 53.6 Å². The summed E-state index contributed by atoms with van der Waals surface area (Å²) >= 11 is 0. The molecule has 4 nitrogen and oxygen atoms in total. The first-order valence-electron chi connectivity index (χ1n) is 6.73. The molecule has 17 heavy (non-hydrogen) atoms. The van der Waals surface area contributed by atoms with Gasteiger partial charge < -0.3 is 5.32 Å². The van der Waals surface area contributed by atoms with Crippen LogP contribution in [0.15, 0.2) is 6.20 Å². The van der Waals surface area contributed by atoms with E-state index in [-0.39, 0.29) is 0 Å². The molecule has 2 atom stereocenters. The van der Waals surface area contributed by atoms with E-state index < -0.39 is 0 Å². The van der Waals surface area contributed by atoms with E-state index in [2.05, 4.69) is 50.2 Å². The summed E-state index contributed by atoms with van der Waals surface area (Å²) in [4.78, 5) is 0. The number of nitrogens with zero attached hydrogens (tertiary/aromatic N) is 3. The van der Waals surface area contributed by atoms with Crippen LogP contribution in [0.3, 0.4) is 0 Å². The first-order chi connectivity index (χ1) is 8.11. The largest absolute Gasteiger partial charge is 0.309 e. The minimum Gasteiger partial charge on any atom is -0.309 e. The third-order valence-electron chi connectivity index (χ3n) is 3.40. The van der Waals surface area contributed by atoms with Crippen LogP contribution >= 0.6 is 0 Å². The summed E-state index contributed by atoms with van der Waals surface area (Å²) in [7, 11) is 0. The summed E-state index contributed by atoms with van der Waals surface area (Å²) in [6, 6.07) is 0.349. The van der Waals surface area contributed by atoms with E-state index in [1.807, 2.05) is 10.9 Å². The number of hydrogen-bond acceptors (Lipinski definition) is 3. The molecule has 1 heterocycles. The second-order valence-corrected chi connectivity index (χ2v) is 5.02. The molecule has 0 fully saturated rings. The van der Waals surface area contributed by atoms with Gasteiger partial charge >= 0.3 is 0 Å². The van der Waals surface area contributed by atoms with Crippen molar-refractivity contribution < 1.29 is 0 Å². The Morgan fingerprint density at radius 3 is 2.53 bits per heavy atom. The molecule has 1 aromatic heterocycles. The Hall–Kier alpha value is -0.900. The molecule has 0 saturated heterocycles. The second-order valence-electron chi connectivity index (χ2n) is 5.02. The molecule has 0 saturated carbocycles.